The van der Waals surface area contributed by atoms with Crippen molar-refractivity contribution < 1.29 is 22.7 Å². The van der Waals surface area contributed by atoms with Gasteiger partial charge in [-0.25, -0.2) is 8.42 Å². The van der Waals surface area contributed by atoms with E-state index in [0.29, 0.717) is 5.69 Å². The summed E-state index contributed by atoms with van der Waals surface area (Å²) in [4.78, 5) is 24.7. The third kappa shape index (κ3) is 5.88. The van der Waals surface area contributed by atoms with Crippen LogP contribution in [0.15, 0.2) is 52.1 Å². The van der Waals surface area contributed by atoms with Gasteiger partial charge in [-0.2, -0.15) is 4.72 Å². The molecule has 0 radical (unpaired) electrons. The third-order valence-corrected chi connectivity index (χ3v) is 6.50. The van der Waals surface area contributed by atoms with Gasteiger partial charge < -0.3 is 10.1 Å². The average Bonchev–Trinajstić information content (AvgIpc) is 3.16. The molecule has 0 bridgehead atoms. The number of esters is 1. The Labute approximate surface area is 162 Å². The molecule has 1 aromatic carbocycles. The molecule has 0 saturated carbocycles. The normalized spacial score (nSPS) is 13.8. The van der Waals surface area contributed by atoms with E-state index in [9.17, 15) is 18.0 Å². The Morgan fingerprint density at radius 2 is 1.70 bits per heavy atom. The van der Waals surface area contributed by atoms with E-state index in [1.807, 2.05) is 6.07 Å². The summed E-state index contributed by atoms with van der Waals surface area (Å²) in [5, 5.41) is 4.26. The lowest BCUT2D eigenvalue weighted by Crippen LogP contribution is -2.46. The van der Waals surface area contributed by atoms with E-state index in [1.54, 1.807) is 49.6 Å². The second-order valence-corrected chi connectivity index (χ2v) is 9.10. The van der Waals surface area contributed by atoms with Crippen molar-refractivity contribution in [3.63, 3.8) is 0 Å². The maximum atomic E-state index is 12.5. The molecule has 0 unspecified atom stereocenters. The summed E-state index contributed by atoms with van der Waals surface area (Å²) in [6, 6.07) is 10.7. The first-order chi connectivity index (χ1) is 12.7. The van der Waals surface area contributed by atoms with Crippen LogP contribution in [-0.2, 0) is 24.3 Å². The SMILES string of the molecule is CC(C)[C@@H](NS(=O)(=O)c1cccs1)C(=O)O[C@@H](C)C(=O)Nc1ccccc1. The van der Waals surface area contributed by atoms with Crippen molar-refractivity contribution in [1.82, 2.24) is 4.72 Å². The van der Waals surface area contributed by atoms with Gasteiger partial charge in [0.2, 0.25) is 0 Å². The second-order valence-electron chi connectivity index (χ2n) is 6.21. The van der Waals surface area contributed by atoms with Crippen LogP contribution >= 0.6 is 11.3 Å². The maximum Gasteiger partial charge on any atom is 0.325 e. The molecule has 0 aliphatic rings. The van der Waals surface area contributed by atoms with Crippen LogP contribution in [0.2, 0.25) is 0 Å². The zero-order valence-electron chi connectivity index (χ0n) is 15.2. The van der Waals surface area contributed by atoms with Gasteiger partial charge in [-0.05, 0) is 36.4 Å². The lowest BCUT2D eigenvalue weighted by Gasteiger charge is -2.22. The highest BCUT2D eigenvalue weighted by atomic mass is 32.2. The Morgan fingerprint density at radius 3 is 2.26 bits per heavy atom. The molecule has 1 aromatic heterocycles. The quantitative estimate of drug-likeness (QED) is 0.652. The fourth-order valence-corrected chi connectivity index (χ4v) is 4.51. The van der Waals surface area contributed by atoms with Gasteiger partial charge in [-0.1, -0.05) is 38.1 Å². The fraction of sp³-hybridized carbons (Fsp3) is 0.333. The largest absolute Gasteiger partial charge is 0.451 e. The molecule has 0 saturated heterocycles. The molecule has 0 aliphatic heterocycles. The molecule has 7 nitrogen and oxygen atoms in total. The molecule has 2 aromatic rings. The number of amides is 1. The van der Waals surface area contributed by atoms with Crippen molar-refractivity contribution in [3.05, 3.63) is 47.8 Å². The summed E-state index contributed by atoms with van der Waals surface area (Å²) < 4.78 is 32.4. The van der Waals surface area contributed by atoms with Gasteiger partial charge in [-0.15, -0.1) is 11.3 Å². The highest BCUT2D eigenvalue weighted by molar-refractivity contribution is 7.91. The van der Waals surface area contributed by atoms with Crippen LogP contribution < -0.4 is 10.0 Å². The summed E-state index contributed by atoms with van der Waals surface area (Å²) in [5.41, 5.74) is 0.573. The van der Waals surface area contributed by atoms with Crippen molar-refractivity contribution in [3.8, 4) is 0 Å². The summed E-state index contributed by atoms with van der Waals surface area (Å²) in [5.74, 6) is -1.67. The van der Waals surface area contributed by atoms with E-state index in [4.69, 9.17) is 4.74 Å². The first kappa shape index (κ1) is 21.1. The van der Waals surface area contributed by atoms with E-state index in [-0.39, 0.29) is 10.1 Å². The van der Waals surface area contributed by atoms with E-state index in [2.05, 4.69) is 10.0 Å². The standard InChI is InChI=1S/C18H22N2O5S2/c1-12(2)16(20-27(23,24)15-10-7-11-26-15)18(22)25-13(3)17(21)19-14-8-5-4-6-9-14/h4-13,16,20H,1-3H3,(H,19,21)/t13-,16+/m0/s1. The zero-order chi connectivity index (χ0) is 20.0. The molecule has 146 valence electrons. The number of anilines is 1. The Hall–Kier alpha value is -2.23. The summed E-state index contributed by atoms with van der Waals surface area (Å²) in [7, 11) is -3.84. The van der Waals surface area contributed by atoms with Crippen molar-refractivity contribution in [1.29, 1.82) is 0 Å². The van der Waals surface area contributed by atoms with Crippen LogP contribution in [0.1, 0.15) is 20.8 Å². The predicted molar refractivity (Wildman–Crippen MR) is 104 cm³/mol. The molecule has 2 N–H and O–H groups in total. The number of hydrogen-bond donors (Lipinski definition) is 2. The number of carbonyl (C=O) groups excluding carboxylic acids is 2. The molecular weight excluding hydrogens is 388 g/mol. The van der Waals surface area contributed by atoms with Gasteiger partial charge >= 0.3 is 5.97 Å². The molecule has 0 spiro atoms. The van der Waals surface area contributed by atoms with Crippen LogP contribution in [0, 0.1) is 5.92 Å². The van der Waals surface area contributed by atoms with Crippen LogP contribution in [0.4, 0.5) is 5.69 Å². The first-order valence-electron chi connectivity index (χ1n) is 8.33. The Morgan fingerprint density at radius 1 is 1.04 bits per heavy atom. The number of rotatable bonds is 8. The highest BCUT2D eigenvalue weighted by Gasteiger charge is 2.32. The average molecular weight is 411 g/mol. The minimum absolute atomic E-state index is 0.107. The number of sulfonamides is 1. The minimum Gasteiger partial charge on any atom is -0.451 e. The lowest BCUT2D eigenvalue weighted by molar-refractivity contribution is -0.155. The molecule has 1 heterocycles. The number of ether oxygens (including phenoxy) is 1. The number of hydrogen-bond acceptors (Lipinski definition) is 6. The highest BCUT2D eigenvalue weighted by Crippen LogP contribution is 2.18. The predicted octanol–water partition coefficient (Wildman–Crippen LogP) is 2.62. The van der Waals surface area contributed by atoms with Gasteiger partial charge in [0.05, 0.1) is 0 Å². The fourth-order valence-electron chi connectivity index (χ4n) is 2.16. The van der Waals surface area contributed by atoms with Gasteiger partial charge in [-0.3, -0.25) is 9.59 Å². The number of benzene rings is 1. The molecule has 27 heavy (non-hydrogen) atoms. The van der Waals surface area contributed by atoms with E-state index in [0.717, 1.165) is 11.3 Å². The van der Waals surface area contributed by atoms with Gasteiger partial charge in [0, 0.05) is 5.69 Å². The monoisotopic (exact) mass is 410 g/mol. The molecule has 2 rings (SSSR count). The third-order valence-electron chi connectivity index (χ3n) is 3.67. The Kier molecular flexibility index (Phi) is 7.11. The summed E-state index contributed by atoms with van der Waals surface area (Å²) >= 11 is 1.05. The smallest absolute Gasteiger partial charge is 0.325 e. The molecule has 1 amide bonds. The van der Waals surface area contributed by atoms with Crippen LogP contribution in [-0.4, -0.2) is 32.4 Å². The first-order valence-corrected chi connectivity index (χ1v) is 10.7. The lowest BCUT2D eigenvalue weighted by atomic mass is 10.1. The number of carbonyl (C=O) groups is 2. The molecule has 0 fully saturated rings. The molecule has 0 aliphatic carbocycles. The summed E-state index contributed by atoms with van der Waals surface area (Å²) in [6.45, 7) is 4.82. The minimum atomic E-state index is -3.84. The topological polar surface area (TPSA) is 102 Å². The van der Waals surface area contributed by atoms with E-state index in [1.165, 1.54) is 13.0 Å². The summed E-state index contributed by atoms with van der Waals surface area (Å²) in [6.07, 6.45) is -1.08. The Bertz CT molecular complexity index is 864. The van der Waals surface area contributed by atoms with Gasteiger partial charge in [0.15, 0.2) is 6.10 Å². The van der Waals surface area contributed by atoms with Crippen LogP contribution in [0.25, 0.3) is 0 Å². The Balaban J connectivity index is 2.03. The van der Waals surface area contributed by atoms with Crippen molar-refractivity contribution in [2.75, 3.05) is 5.32 Å². The van der Waals surface area contributed by atoms with E-state index < -0.39 is 34.0 Å². The van der Waals surface area contributed by atoms with Gasteiger partial charge in [0.25, 0.3) is 15.9 Å². The van der Waals surface area contributed by atoms with Gasteiger partial charge in [0.1, 0.15) is 10.3 Å². The van der Waals surface area contributed by atoms with Crippen molar-refractivity contribution in [2.24, 2.45) is 5.92 Å². The maximum absolute atomic E-state index is 12.5. The van der Waals surface area contributed by atoms with Crippen LogP contribution in [0.5, 0.6) is 0 Å². The zero-order valence-corrected chi connectivity index (χ0v) is 16.8. The molecule has 2 atom stereocenters. The van der Waals surface area contributed by atoms with Crippen molar-refractivity contribution in [2.45, 2.75) is 37.1 Å². The number of thiophene rings is 1. The van der Waals surface area contributed by atoms with Crippen LogP contribution in [0.3, 0.4) is 0 Å². The number of para-hydroxylation sites is 1. The van der Waals surface area contributed by atoms with E-state index >= 15 is 0 Å². The molecular formula is C18H22N2O5S2. The second kappa shape index (κ2) is 9.12. The van der Waals surface area contributed by atoms with Crippen molar-refractivity contribution >= 4 is 38.9 Å². The molecule has 9 heteroatoms. The number of nitrogens with one attached hydrogen (secondary N) is 2.